The van der Waals surface area contributed by atoms with E-state index in [-0.39, 0.29) is 0 Å². The minimum absolute atomic E-state index is 0.411. The maximum Gasteiger partial charge on any atom is 0.250 e. The molecule has 5 nitrogen and oxygen atoms in total. The van der Waals surface area contributed by atoms with Gasteiger partial charge in [-0.2, -0.15) is 0 Å². The third-order valence-corrected chi connectivity index (χ3v) is 5.73. The van der Waals surface area contributed by atoms with E-state index in [1.54, 1.807) is 6.07 Å². The lowest BCUT2D eigenvalue weighted by molar-refractivity contribution is 0.100. The van der Waals surface area contributed by atoms with Crippen molar-refractivity contribution in [3.8, 4) is 0 Å². The summed E-state index contributed by atoms with van der Waals surface area (Å²) in [5.41, 5.74) is 7.63. The van der Waals surface area contributed by atoms with Crippen LogP contribution in [0.4, 0.5) is 0 Å². The third kappa shape index (κ3) is 2.93. The largest absolute Gasteiger partial charge is 0.366 e. The molecule has 2 aliphatic rings. The Kier molecular flexibility index (Phi) is 4.27. The van der Waals surface area contributed by atoms with Gasteiger partial charge in [-0.25, -0.2) is 4.98 Å². The third-order valence-electron chi connectivity index (χ3n) is 5.73. The molecule has 5 heteroatoms. The Morgan fingerprint density at radius 2 is 2.00 bits per heavy atom. The van der Waals surface area contributed by atoms with E-state index >= 15 is 0 Å². The van der Waals surface area contributed by atoms with Crippen LogP contribution in [0.2, 0.25) is 0 Å². The first-order chi connectivity index (χ1) is 11.7. The molecule has 3 N–H and O–H groups in total. The number of nitrogens with one attached hydrogen (secondary N) is 1. The number of nitrogens with zero attached hydrogens (tertiary/aromatic N) is 2. The van der Waals surface area contributed by atoms with Crippen LogP contribution < -0.4 is 5.73 Å². The van der Waals surface area contributed by atoms with E-state index in [4.69, 9.17) is 10.7 Å². The Hall–Kier alpha value is -1.88. The van der Waals surface area contributed by atoms with Crippen molar-refractivity contribution < 1.29 is 4.79 Å². The predicted octanol–water partition coefficient (Wildman–Crippen LogP) is 3.17. The Morgan fingerprint density at radius 1 is 1.17 bits per heavy atom. The van der Waals surface area contributed by atoms with Gasteiger partial charge in [-0.05, 0) is 44.4 Å². The van der Waals surface area contributed by atoms with Gasteiger partial charge in [-0.15, -0.1) is 0 Å². The number of hydrogen-bond donors (Lipinski definition) is 2. The molecule has 1 atom stereocenters. The molecule has 2 fully saturated rings. The van der Waals surface area contributed by atoms with Crippen LogP contribution in [0.5, 0.6) is 0 Å². The Balaban J connectivity index is 1.57. The molecule has 2 aromatic rings. The molecule has 1 aromatic carbocycles. The quantitative estimate of drug-likeness (QED) is 0.909. The fraction of sp³-hybridized carbons (Fsp3) is 0.579. The molecule has 24 heavy (non-hydrogen) atoms. The van der Waals surface area contributed by atoms with Gasteiger partial charge in [0.25, 0.3) is 5.91 Å². The predicted molar refractivity (Wildman–Crippen MR) is 95.0 cm³/mol. The Bertz CT molecular complexity index is 732. The number of para-hydroxylation sites is 1. The zero-order chi connectivity index (χ0) is 16.5. The molecular formula is C19H26N4O. The molecule has 0 radical (unpaired) electrons. The molecule has 4 rings (SSSR count). The standard InChI is InChI=1S/C19H26N4O/c20-18(24)15-9-4-10-16-17(15)22-19(21-16)13-6-5-11-23(12-13)14-7-2-1-3-8-14/h4,9-10,13-14H,1-3,5-8,11-12H2,(H2,20,24)(H,21,22). The molecule has 128 valence electrons. The van der Waals surface area contributed by atoms with Gasteiger partial charge in [0.05, 0.1) is 11.1 Å². The number of imidazole rings is 1. The number of carbonyl (C=O) groups is 1. The number of amides is 1. The zero-order valence-corrected chi connectivity index (χ0v) is 14.1. The van der Waals surface area contributed by atoms with E-state index in [0.29, 0.717) is 11.5 Å². The highest BCUT2D eigenvalue weighted by molar-refractivity contribution is 6.04. The summed E-state index contributed by atoms with van der Waals surface area (Å²) < 4.78 is 0. The second kappa shape index (κ2) is 6.55. The summed E-state index contributed by atoms with van der Waals surface area (Å²) in [6.07, 6.45) is 9.22. The molecule has 1 aromatic heterocycles. The number of benzene rings is 1. The number of rotatable bonds is 3. The van der Waals surface area contributed by atoms with Gasteiger partial charge in [-0.3, -0.25) is 9.69 Å². The monoisotopic (exact) mass is 326 g/mol. The summed E-state index contributed by atoms with van der Waals surface area (Å²) in [5.74, 6) is 1.03. The van der Waals surface area contributed by atoms with Crippen molar-refractivity contribution in [2.45, 2.75) is 56.9 Å². The van der Waals surface area contributed by atoms with Crippen molar-refractivity contribution in [1.29, 1.82) is 0 Å². The van der Waals surface area contributed by atoms with E-state index in [1.165, 1.54) is 45.1 Å². The Morgan fingerprint density at radius 3 is 2.79 bits per heavy atom. The summed E-state index contributed by atoms with van der Waals surface area (Å²) in [6, 6.07) is 6.34. The molecule has 1 aliphatic heterocycles. The van der Waals surface area contributed by atoms with Crippen LogP contribution in [0.3, 0.4) is 0 Å². The summed E-state index contributed by atoms with van der Waals surface area (Å²) in [7, 11) is 0. The number of carbonyl (C=O) groups excluding carboxylic acids is 1. The molecule has 0 bridgehead atoms. The number of primary amides is 1. The number of hydrogen-bond acceptors (Lipinski definition) is 3. The molecular weight excluding hydrogens is 300 g/mol. The number of nitrogens with two attached hydrogens (primary N) is 1. The van der Waals surface area contributed by atoms with E-state index in [1.807, 2.05) is 12.1 Å². The summed E-state index contributed by atoms with van der Waals surface area (Å²) in [4.78, 5) is 22.5. The topological polar surface area (TPSA) is 75.0 Å². The van der Waals surface area contributed by atoms with Gasteiger partial charge in [0.15, 0.2) is 0 Å². The molecule has 2 heterocycles. The fourth-order valence-electron chi connectivity index (χ4n) is 4.45. The van der Waals surface area contributed by atoms with Crippen LogP contribution in [0, 0.1) is 0 Å². The van der Waals surface area contributed by atoms with Crippen molar-refractivity contribution in [2.75, 3.05) is 13.1 Å². The first kappa shape index (κ1) is 15.6. The van der Waals surface area contributed by atoms with Crippen LogP contribution in [-0.4, -0.2) is 39.9 Å². The van der Waals surface area contributed by atoms with Crippen LogP contribution in [0.25, 0.3) is 11.0 Å². The van der Waals surface area contributed by atoms with Crippen molar-refractivity contribution in [3.05, 3.63) is 29.6 Å². The molecule has 1 saturated heterocycles. The second-order valence-electron chi connectivity index (χ2n) is 7.31. The minimum atomic E-state index is -0.411. The first-order valence-electron chi connectivity index (χ1n) is 9.25. The highest BCUT2D eigenvalue weighted by Crippen LogP contribution is 2.31. The fourth-order valence-corrected chi connectivity index (χ4v) is 4.45. The van der Waals surface area contributed by atoms with Crippen molar-refractivity contribution in [1.82, 2.24) is 14.9 Å². The lowest BCUT2D eigenvalue weighted by Gasteiger charge is -2.39. The number of likely N-dealkylation sites (tertiary alicyclic amines) is 1. The SMILES string of the molecule is NC(=O)c1cccc2[nH]c(C3CCCN(C4CCCCC4)C3)nc12. The van der Waals surface area contributed by atoms with Gasteiger partial charge in [-0.1, -0.05) is 25.3 Å². The van der Waals surface area contributed by atoms with Gasteiger partial charge < -0.3 is 10.7 Å². The van der Waals surface area contributed by atoms with Crippen LogP contribution in [-0.2, 0) is 0 Å². The summed E-state index contributed by atoms with van der Waals surface area (Å²) in [5, 5.41) is 0. The number of H-pyrrole nitrogens is 1. The van der Waals surface area contributed by atoms with E-state index in [9.17, 15) is 4.79 Å². The van der Waals surface area contributed by atoms with Gasteiger partial charge in [0.1, 0.15) is 11.3 Å². The van der Waals surface area contributed by atoms with E-state index in [0.717, 1.165) is 35.9 Å². The van der Waals surface area contributed by atoms with Gasteiger partial charge in [0, 0.05) is 18.5 Å². The van der Waals surface area contributed by atoms with E-state index in [2.05, 4.69) is 9.88 Å². The number of aromatic amines is 1. The van der Waals surface area contributed by atoms with Gasteiger partial charge in [0.2, 0.25) is 0 Å². The number of fused-ring (bicyclic) bond motifs is 1. The Labute approximate surface area is 142 Å². The summed E-state index contributed by atoms with van der Waals surface area (Å²) in [6.45, 7) is 2.30. The van der Waals surface area contributed by atoms with Crippen LogP contribution >= 0.6 is 0 Å². The highest BCUT2D eigenvalue weighted by Gasteiger charge is 2.29. The van der Waals surface area contributed by atoms with Gasteiger partial charge >= 0.3 is 0 Å². The number of piperidine rings is 1. The van der Waals surface area contributed by atoms with E-state index < -0.39 is 5.91 Å². The average Bonchev–Trinajstić information content (AvgIpc) is 3.06. The molecule has 1 saturated carbocycles. The lowest BCUT2D eigenvalue weighted by atomic mass is 9.90. The normalized spacial score (nSPS) is 23.6. The lowest BCUT2D eigenvalue weighted by Crippen LogP contribution is -2.43. The zero-order valence-electron chi connectivity index (χ0n) is 14.1. The van der Waals surface area contributed by atoms with Crippen molar-refractivity contribution >= 4 is 16.9 Å². The second-order valence-corrected chi connectivity index (χ2v) is 7.31. The van der Waals surface area contributed by atoms with Crippen molar-refractivity contribution in [3.63, 3.8) is 0 Å². The van der Waals surface area contributed by atoms with Crippen LogP contribution in [0.1, 0.15) is 67.0 Å². The molecule has 1 aliphatic carbocycles. The van der Waals surface area contributed by atoms with Crippen LogP contribution in [0.15, 0.2) is 18.2 Å². The highest BCUT2D eigenvalue weighted by atomic mass is 16.1. The average molecular weight is 326 g/mol. The molecule has 0 spiro atoms. The van der Waals surface area contributed by atoms with Crippen molar-refractivity contribution in [2.24, 2.45) is 5.73 Å². The number of aromatic nitrogens is 2. The maximum atomic E-state index is 11.6. The molecule has 1 amide bonds. The minimum Gasteiger partial charge on any atom is -0.366 e. The first-order valence-corrected chi connectivity index (χ1v) is 9.25. The molecule has 1 unspecified atom stereocenters. The smallest absolute Gasteiger partial charge is 0.250 e. The summed E-state index contributed by atoms with van der Waals surface area (Å²) >= 11 is 0. The maximum absolute atomic E-state index is 11.6.